The molecule has 3 aromatic heterocycles. The lowest BCUT2D eigenvalue weighted by atomic mass is 9.96. The van der Waals surface area contributed by atoms with Crippen LogP contribution in [0.3, 0.4) is 0 Å². The van der Waals surface area contributed by atoms with Gasteiger partial charge in [-0.3, -0.25) is 9.78 Å². The Morgan fingerprint density at radius 2 is 2.14 bits per heavy atom. The van der Waals surface area contributed by atoms with E-state index in [4.69, 9.17) is 9.15 Å². The number of rotatable bonds is 6. The molecular weight excluding hydrogens is 370 g/mol. The highest BCUT2D eigenvalue weighted by molar-refractivity contribution is 5.79. The van der Waals surface area contributed by atoms with E-state index < -0.39 is 0 Å². The second-order valence-electron chi connectivity index (χ2n) is 7.39. The molecule has 3 aromatic rings. The summed E-state index contributed by atoms with van der Waals surface area (Å²) < 4.78 is 11.6. The van der Waals surface area contributed by atoms with Crippen molar-refractivity contribution >= 4 is 23.2 Å². The van der Waals surface area contributed by atoms with Crippen LogP contribution in [0.4, 0.5) is 6.01 Å². The molecule has 1 atom stereocenters. The molecular formula is C21H25N5O3. The van der Waals surface area contributed by atoms with E-state index in [9.17, 15) is 4.79 Å². The highest BCUT2D eigenvalue weighted by atomic mass is 16.5. The molecule has 0 saturated carbocycles. The molecule has 0 bridgehead atoms. The van der Waals surface area contributed by atoms with Gasteiger partial charge in [0.05, 0.1) is 12.7 Å². The van der Waals surface area contributed by atoms with Gasteiger partial charge in [-0.2, -0.15) is 4.98 Å². The predicted octanol–water partition coefficient (Wildman–Crippen LogP) is 2.73. The number of pyridine rings is 2. The number of anilines is 1. The number of carbonyl (C=O) groups is 1. The molecule has 0 spiro atoms. The van der Waals surface area contributed by atoms with Crippen LogP contribution in [-0.4, -0.2) is 46.6 Å². The topological polar surface area (TPSA) is 93.4 Å². The maximum atomic E-state index is 12.5. The fourth-order valence-corrected chi connectivity index (χ4v) is 3.45. The van der Waals surface area contributed by atoms with Gasteiger partial charge in [-0.1, -0.05) is 0 Å². The van der Waals surface area contributed by atoms with Gasteiger partial charge < -0.3 is 19.4 Å². The van der Waals surface area contributed by atoms with Crippen LogP contribution in [-0.2, 0) is 4.79 Å². The van der Waals surface area contributed by atoms with Crippen LogP contribution in [0, 0.1) is 12.8 Å². The van der Waals surface area contributed by atoms with Gasteiger partial charge in [0.25, 0.3) is 6.01 Å². The second kappa shape index (κ2) is 8.46. The summed E-state index contributed by atoms with van der Waals surface area (Å²) in [4.78, 5) is 27.5. The number of aromatic nitrogens is 3. The van der Waals surface area contributed by atoms with Gasteiger partial charge >= 0.3 is 0 Å². The van der Waals surface area contributed by atoms with Gasteiger partial charge in [0.15, 0.2) is 5.58 Å². The predicted molar refractivity (Wildman–Crippen MR) is 109 cm³/mol. The normalized spacial score (nSPS) is 16.0. The van der Waals surface area contributed by atoms with E-state index in [0.717, 1.165) is 31.6 Å². The van der Waals surface area contributed by atoms with Crippen molar-refractivity contribution in [1.29, 1.82) is 0 Å². The molecule has 1 unspecified atom stereocenters. The molecule has 0 radical (unpaired) electrons. The highest BCUT2D eigenvalue weighted by Gasteiger charge is 2.27. The van der Waals surface area contributed by atoms with Crippen molar-refractivity contribution in [3.8, 4) is 5.75 Å². The summed E-state index contributed by atoms with van der Waals surface area (Å²) >= 11 is 0. The summed E-state index contributed by atoms with van der Waals surface area (Å²) in [5.74, 6) is 0.758. The summed E-state index contributed by atoms with van der Waals surface area (Å²) in [5.41, 5.74) is 2.23. The zero-order valence-corrected chi connectivity index (χ0v) is 16.7. The van der Waals surface area contributed by atoms with E-state index in [-0.39, 0.29) is 17.9 Å². The van der Waals surface area contributed by atoms with Crippen LogP contribution < -0.4 is 15.0 Å². The van der Waals surface area contributed by atoms with Gasteiger partial charge in [0.1, 0.15) is 11.9 Å². The largest absolute Gasteiger partial charge is 0.487 e. The summed E-state index contributed by atoms with van der Waals surface area (Å²) in [6.45, 7) is 5.78. The first-order chi connectivity index (χ1) is 14.1. The summed E-state index contributed by atoms with van der Waals surface area (Å²) in [5, 5.41) is 3.00. The molecule has 1 amide bonds. The maximum absolute atomic E-state index is 12.5. The Kier molecular flexibility index (Phi) is 5.59. The Morgan fingerprint density at radius 1 is 1.31 bits per heavy atom. The van der Waals surface area contributed by atoms with Gasteiger partial charge in [-0.15, -0.1) is 0 Å². The van der Waals surface area contributed by atoms with Crippen molar-refractivity contribution in [2.75, 3.05) is 24.5 Å². The molecule has 29 heavy (non-hydrogen) atoms. The quantitative estimate of drug-likeness (QED) is 0.686. The van der Waals surface area contributed by atoms with Crippen LogP contribution in [0.25, 0.3) is 11.2 Å². The second-order valence-corrected chi connectivity index (χ2v) is 7.39. The summed E-state index contributed by atoms with van der Waals surface area (Å²) in [6.07, 6.45) is 4.75. The van der Waals surface area contributed by atoms with Crippen LogP contribution in [0.15, 0.2) is 41.1 Å². The minimum absolute atomic E-state index is 0.0124. The van der Waals surface area contributed by atoms with Crippen molar-refractivity contribution < 1.29 is 13.9 Å². The Morgan fingerprint density at radius 3 is 2.90 bits per heavy atom. The van der Waals surface area contributed by atoms with Gasteiger partial charge in [0, 0.05) is 30.9 Å². The Bertz CT molecular complexity index is 967. The number of piperidine rings is 1. The summed E-state index contributed by atoms with van der Waals surface area (Å²) in [7, 11) is 0. The minimum atomic E-state index is -0.126. The molecule has 8 heteroatoms. The van der Waals surface area contributed by atoms with E-state index in [1.54, 1.807) is 12.4 Å². The van der Waals surface area contributed by atoms with Crippen LogP contribution in [0.2, 0.25) is 0 Å². The zero-order valence-electron chi connectivity index (χ0n) is 16.7. The number of fused-ring (bicyclic) bond motifs is 1. The molecule has 8 nitrogen and oxygen atoms in total. The number of oxazole rings is 1. The first-order valence-electron chi connectivity index (χ1n) is 9.92. The zero-order chi connectivity index (χ0) is 20.2. The Labute approximate surface area is 169 Å². The number of amides is 1. The number of nitrogens with zero attached hydrogens (tertiary/aromatic N) is 4. The van der Waals surface area contributed by atoms with E-state index in [1.165, 1.54) is 0 Å². The number of hydrogen-bond donors (Lipinski definition) is 1. The third-order valence-electron chi connectivity index (χ3n) is 5.05. The lowest BCUT2D eigenvalue weighted by Crippen LogP contribution is -2.43. The van der Waals surface area contributed by atoms with E-state index >= 15 is 0 Å². The van der Waals surface area contributed by atoms with Crippen molar-refractivity contribution in [2.45, 2.75) is 32.8 Å². The first-order valence-corrected chi connectivity index (χ1v) is 9.92. The number of carbonyl (C=O) groups excluding carboxylic acids is 1. The van der Waals surface area contributed by atoms with Gasteiger partial charge in [0.2, 0.25) is 11.6 Å². The fraction of sp³-hybridized carbons (Fsp3) is 0.429. The van der Waals surface area contributed by atoms with Crippen molar-refractivity contribution in [1.82, 2.24) is 20.3 Å². The Hall–Kier alpha value is -3.16. The molecule has 1 saturated heterocycles. The molecule has 0 aliphatic carbocycles. The standard InChI is InChI=1S/C21H25N5O3/c1-14-5-6-18-19(24-14)25-21(29-18)26-10-7-16(8-11-26)20(27)23-12-15(2)28-17-4-3-9-22-13-17/h3-6,9,13,15-16H,7-8,10-12H2,1-2H3,(H,23,27). The van der Waals surface area contributed by atoms with Crippen LogP contribution in [0.5, 0.6) is 5.75 Å². The molecule has 4 rings (SSSR count). The number of nitrogens with one attached hydrogen (secondary N) is 1. The molecule has 152 valence electrons. The maximum Gasteiger partial charge on any atom is 0.299 e. The van der Waals surface area contributed by atoms with E-state index in [0.29, 0.717) is 29.5 Å². The van der Waals surface area contributed by atoms with Crippen molar-refractivity contribution in [3.63, 3.8) is 0 Å². The lowest BCUT2D eigenvalue weighted by molar-refractivity contribution is -0.125. The third kappa shape index (κ3) is 4.64. The first kappa shape index (κ1) is 19.2. The van der Waals surface area contributed by atoms with E-state index in [2.05, 4.69) is 25.2 Å². The average molecular weight is 395 g/mol. The van der Waals surface area contributed by atoms with Gasteiger partial charge in [-0.25, -0.2) is 4.98 Å². The van der Waals surface area contributed by atoms with Crippen molar-refractivity contribution in [2.24, 2.45) is 5.92 Å². The molecule has 1 aliphatic rings. The molecule has 4 heterocycles. The Balaban J connectivity index is 1.25. The lowest BCUT2D eigenvalue weighted by Gasteiger charge is -2.30. The monoisotopic (exact) mass is 395 g/mol. The number of aryl methyl sites for hydroxylation is 1. The third-order valence-corrected chi connectivity index (χ3v) is 5.05. The van der Waals surface area contributed by atoms with Crippen LogP contribution in [0.1, 0.15) is 25.5 Å². The average Bonchev–Trinajstić information content (AvgIpc) is 3.16. The minimum Gasteiger partial charge on any atom is -0.487 e. The highest BCUT2D eigenvalue weighted by Crippen LogP contribution is 2.26. The smallest absolute Gasteiger partial charge is 0.299 e. The SMILES string of the molecule is Cc1ccc2oc(N3CCC(C(=O)NCC(C)Oc4cccnc4)CC3)nc2n1. The molecule has 1 aliphatic heterocycles. The fourth-order valence-electron chi connectivity index (χ4n) is 3.45. The summed E-state index contributed by atoms with van der Waals surface area (Å²) in [6, 6.07) is 8.05. The number of hydrogen-bond acceptors (Lipinski definition) is 7. The molecule has 1 fully saturated rings. The van der Waals surface area contributed by atoms with E-state index in [1.807, 2.05) is 38.1 Å². The molecule has 0 aromatic carbocycles. The van der Waals surface area contributed by atoms with Crippen molar-refractivity contribution in [3.05, 3.63) is 42.4 Å². The van der Waals surface area contributed by atoms with Crippen LogP contribution >= 0.6 is 0 Å². The molecule has 1 N–H and O–H groups in total. The number of ether oxygens (including phenoxy) is 1. The van der Waals surface area contributed by atoms with Gasteiger partial charge in [-0.05, 0) is 51.0 Å².